The molecule has 0 unspecified atom stereocenters. The molecule has 0 fully saturated rings. The highest BCUT2D eigenvalue weighted by Crippen LogP contribution is 2.31. The lowest BCUT2D eigenvalue weighted by molar-refractivity contribution is 0.0596. The number of benzene rings is 1. The second-order valence-electron chi connectivity index (χ2n) is 4.07. The standard InChI is InChI=1S/C13H16O4S/c1-7(2)18-10-6-5-9(12(14)15)8(3)11(10)13(16)17-4/h5-7H,1-4H3,(H,14,15). The first kappa shape index (κ1) is 14.6. The van der Waals surface area contributed by atoms with Crippen molar-refractivity contribution in [2.75, 3.05) is 7.11 Å². The van der Waals surface area contributed by atoms with Crippen LogP contribution in [0.15, 0.2) is 17.0 Å². The Hall–Kier alpha value is -1.49. The summed E-state index contributed by atoms with van der Waals surface area (Å²) in [5.41, 5.74) is 0.916. The van der Waals surface area contributed by atoms with Gasteiger partial charge in [0.2, 0.25) is 0 Å². The maximum atomic E-state index is 11.8. The van der Waals surface area contributed by atoms with Gasteiger partial charge in [-0.3, -0.25) is 0 Å². The van der Waals surface area contributed by atoms with Crippen molar-refractivity contribution in [3.63, 3.8) is 0 Å². The first-order valence-corrected chi connectivity index (χ1v) is 6.38. The van der Waals surface area contributed by atoms with Crippen molar-refractivity contribution in [2.45, 2.75) is 30.9 Å². The molecule has 18 heavy (non-hydrogen) atoms. The molecule has 0 saturated carbocycles. The normalized spacial score (nSPS) is 10.5. The van der Waals surface area contributed by atoms with E-state index in [2.05, 4.69) is 0 Å². The minimum absolute atomic E-state index is 0.128. The number of methoxy groups -OCH3 is 1. The topological polar surface area (TPSA) is 63.6 Å². The molecular formula is C13H16O4S. The van der Waals surface area contributed by atoms with Gasteiger partial charge in [-0.25, -0.2) is 9.59 Å². The summed E-state index contributed by atoms with van der Waals surface area (Å²) in [5, 5.41) is 9.35. The van der Waals surface area contributed by atoms with Gasteiger partial charge >= 0.3 is 11.9 Å². The van der Waals surface area contributed by atoms with Gasteiger partial charge in [0, 0.05) is 10.1 Å². The van der Waals surface area contributed by atoms with Gasteiger partial charge in [0.1, 0.15) is 0 Å². The van der Waals surface area contributed by atoms with Crippen molar-refractivity contribution in [1.29, 1.82) is 0 Å². The molecule has 0 aliphatic heterocycles. The van der Waals surface area contributed by atoms with Crippen LogP contribution in [0.2, 0.25) is 0 Å². The van der Waals surface area contributed by atoms with Crippen molar-refractivity contribution in [3.8, 4) is 0 Å². The van der Waals surface area contributed by atoms with Gasteiger partial charge in [-0.1, -0.05) is 13.8 Å². The number of carboxylic acid groups (broad SMARTS) is 1. The molecule has 0 heterocycles. The van der Waals surface area contributed by atoms with E-state index in [-0.39, 0.29) is 5.56 Å². The largest absolute Gasteiger partial charge is 0.478 e. The van der Waals surface area contributed by atoms with Crippen molar-refractivity contribution in [2.24, 2.45) is 0 Å². The van der Waals surface area contributed by atoms with Gasteiger partial charge in [-0.05, 0) is 24.6 Å². The summed E-state index contributed by atoms with van der Waals surface area (Å²) in [6.45, 7) is 5.64. The molecule has 98 valence electrons. The predicted molar refractivity (Wildman–Crippen MR) is 70.5 cm³/mol. The van der Waals surface area contributed by atoms with E-state index in [0.717, 1.165) is 4.90 Å². The van der Waals surface area contributed by atoms with E-state index in [1.807, 2.05) is 13.8 Å². The van der Waals surface area contributed by atoms with Gasteiger partial charge < -0.3 is 9.84 Å². The molecule has 4 nitrogen and oxygen atoms in total. The molecule has 1 rings (SSSR count). The third-order valence-corrected chi connectivity index (χ3v) is 3.47. The zero-order valence-electron chi connectivity index (χ0n) is 10.8. The van der Waals surface area contributed by atoms with Crippen molar-refractivity contribution >= 4 is 23.7 Å². The number of ether oxygens (including phenoxy) is 1. The van der Waals surface area contributed by atoms with Crippen LogP contribution in [0.3, 0.4) is 0 Å². The second-order valence-corrected chi connectivity index (χ2v) is 5.69. The summed E-state index contributed by atoms with van der Waals surface area (Å²) in [6, 6.07) is 3.18. The highest BCUT2D eigenvalue weighted by Gasteiger charge is 2.21. The predicted octanol–water partition coefficient (Wildman–Crippen LogP) is 2.98. The van der Waals surface area contributed by atoms with Crippen LogP contribution in [0.4, 0.5) is 0 Å². The molecule has 0 atom stereocenters. The average Bonchev–Trinajstić information content (AvgIpc) is 2.27. The van der Waals surface area contributed by atoms with Gasteiger partial charge in [-0.15, -0.1) is 11.8 Å². The lowest BCUT2D eigenvalue weighted by Gasteiger charge is -2.14. The fourth-order valence-corrected chi connectivity index (χ4v) is 2.64. The number of carbonyl (C=O) groups excluding carboxylic acids is 1. The van der Waals surface area contributed by atoms with E-state index in [1.165, 1.54) is 24.9 Å². The van der Waals surface area contributed by atoms with E-state index in [1.54, 1.807) is 13.0 Å². The maximum absolute atomic E-state index is 11.8. The van der Waals surface area contributed by atoms with Crippen molar-refractivity contribution in [3.05, 3.63) is 28.8 Å². The van der Waals surface area contributed by atoms with E-state index in [0.29, 0.717) is 16.4 Å². The van der Waals surface area contributed by atoms with Gasteiger partial charge in [0.25, 0.3) is 0 Å². The molecule has 1 aromatic carbocycles. The van der Waals surface area contributed by atoms with E-state index in [4.69, 9.17) is 9.84 Å². The van der Waals surface area contributed by atoms with Gasteiger partial charge in [-0.2, -0.15) is 0 Å². The van der Waals surface area contributed by atoms with Crippen LogP contribution in [-0.2, 0) is 4.74 Å². The molecule has 0 saturated heterocycles. The minimum Gasteiger partial charge on any atom is -0.478 e. The molecule has 0 amide bonds. The highest BCUT2D eigenvalue weighted by molar-refractivity contribution is 8.00. The summed E-state index contributed by atoms with van der Waals surface area (Å²) in [6.07, 6.45) is 0. The lowest BCUT2D eigenvalue weighted by atomic mass is 10.0. The summed E-state index contributed by atoms with van der Waals surface area (Å²) in [5.74, 6) is -1.54. The van der Waals surface area contributed by atoms with Crippen LogP contribution in [0.1, 0.15) is 40.1 Å². The number of esters is 1. The Kier molecular flexibility index (Phi) is 4.78. The Morgan fingerprint density at radius 2 is 1.94 bits per heavy atom. The van der Waals surface area contributed by atoms with E-state index in [9.17, 15) is 9.59 Å². The quantitative estimate of drug-likeness (QED) is 0.672. The van der Waals surface area contributed by atoms with Crippen LogP contribution < -0.4 is 0 Å². The van der Waals surface area contributed by atoms with Crippen molar-refractivity contribution in [1.82, 2.24) is 0 Å². The summed E-state index contributed by atoms with van der Waals surface area (Å²) in [4.78, 5) is 23.6. The number of carbonyl (C=O) groups is 2. The Labute approximate surface area is 110 Å². The Bertz CT molecular complexity index is 480. The zero-order chi connectivity index (χ0) is 13.9. The van der Waals surface area contributed by atoms with Crippen molar-refractivity contribution < 1.29 is 19.4 Å². The molecule has 0 bridgehead atoms. The third-order valence-electron chi connectivity index (χ3n) is 2.41. The molecular weight excluding hydrogens is 252 g/mol. The number of thioether (sulfide) groups is 1. The minimum atomic E-state index is -1.04. The Morgan fingerprint density at radius 1 is 1.33 bits per heavy atom. The third kappa shape index (κ3) is 3.04. The highest BCUT2D eigenvalue weighted by atomic mass is 32.2. The number of aromatic carboxylic acids is 1. The molecule has 1 aromatic rings. The first-order valence-electron chi connectivity index (χ1n) is 5.50. The Balaban J connectivity index is 3.41. The zero-order valence-corrected chi connectivity index (χ0v) is 11.6. The first-order chi connectivity index (χ1) is 8.38. The van der Waals surface area contributed by atoms with Gasteiger partial charge in [0.05, 0.1) is 18.2 Å². The number of hydrogen-bond acceptors (Lipinski definition) is 4. The average molecular weight is 268 g/mol. The number of carboxylic acids is 1. The van der Waals surface area contributed by atoms with Crippen LogP contribution >= 0.6 is 11.8 Å². The van der Waals surface area contributed by atoms with E-state index < -0.39 is 11.9 Å². The summed E-state index contributed by atoms with van der Waals surface area (Å²) < 4.78 is 4.73. The fraction of sp³-hybridized carbons (Fsp3) is 0.385. The van der Waals surface area contributed by atoms with Gasteiger partial charge in [0.15, 0.2) is 0 Å². The van der Waals surface area contributed by atoms with Crippen LogP contribution in [0, 0.1) is 6.92 Å². The number of rotatable bonds is 4. The molecule has 0 aliphatic carbocycles. The van der Waals surface area contributed by atoms with Crippen LogP contribution in [0.25, 0.3) is 0 Å². The fourth-order valence-electron chi connectivity index (χ4n) is 1.63. The molecule has 5 heteroatoms. The Morgan fingerprint density at radius 3 is 2.39 bits per heavy atom. The lowest BCUT2D eigenvalue weighted by Crippen LogP contribution is -2.11. The number of hydrogen-bond donors (Lipinski definition) is 1. The molecule has 0 aromatic heterocycles. The van der Waals surface area contributed by atoms with Crippen LogP contribution in [0.5, 0.6) is 0 Å². The monoisotopic (exact) mass is 268 g/mol. The summed E-state index contributed by atoms with van der Waals surface area (Å²) >= 11 is 1.51. The summed E-state index contributed by atoms with van der Waals surface area (Å²) in [7, 11) is 1.29. The molecule has 0 radical (unpaired) electrons. The SMILES string of the molecule is COC(=O)c1c(SC(C)C)ccc(C(=O)O)c1C. The maximum Gasteiger partial charge on any atom is 0.339 e. The van der Waals surface area contributed by atoms with E-state index >= 15 is 0 Å². The molecule has 0 spiro atoms. The molecule has 1 N–H and O–H groups in total. The molecule has 0 aliphatic rings. The van der Waals surface area contributed by atoms with Crippen LogP contribution in [-0.4, -0.2) is 29.4 Å². The smallest absolute Gasteiger partial charge is 0.339 e. The second kappa shape index (κ2) is 5.91.